The summed E-state index contributed by atoms with van der Waals surface area (Å²) in [6.45, 7) is 1.11. The average Bonchev–Trinajstić information content (AvgIpc) is 3.19. The summed E-state index contributed by atoms with van der Waals surface area (Å²) in [4.78, 5) is 66.7. The number of ketones is 1. The molecule has 1 aliphatic heterocycles. The molecule has 0 aliphatic carbocycles. The van der Waals surface area contributed by atoms with Crippen molar-refractivity contribution in [1.82, 2.24) is 10.6 Å². The monoisotopic (exact) mass is 619 g/mol. The van der Waals surface area contributed by atoms with Gasteiger partial charge in [0.2, 0.25) is 11.8 Å². The van der Waals surface area contributed by atoms with E-state index in [1.54, 1.807) is 97.1 Å². The number of benzene rings is 4. The maximum Gasteiger partial charge on any atom is 0.325 e. The van der Waals surface area contributed by atoms with Gasteiger partial charge in [-0.25, -0.2) is 0 Å². The van der Waals surface area contributed by atoms with Gasteiger partial charge in [-0.1, -0.05) is 97.1 Å². The van der Waals surface area contributed by atoms with Crippen molar-refractivity contribution in [3.8, 4) is 5.75 Å². The van der Waals surface area contributed by atoms with Gasteiger partial charge in [0, 0.05) is 11.1 Å². The lowest BCUT2D eigenvalue weighted by atomic mass is 10.0. The molecule has 4 aromatic rings. The van der Waals surface area contributed by atoms with E-state index < -0.39 is 48.4 Å². The zero-order chi connectivity index (χ0) is 32.6. The number of nitrogens with one attached hydrogen (secondary N) is 2. The first-order valence-electron chi connectivity index (χ1n) is 14.7. The number of hydrogen-bond acceptors (Lipinski definition) is 7. The first-order valence-corrected chi connectivity index (χ1v) is 14.7. The Labute approximate surface area is 266 Å². The Morgan fingerprint density at radius 3 is 2.11 bits per heavy atom. The van der Waals surface area contributed by atoms with Crippen LogP contribution >= 0.6 is 0 Å². The Hall–Kier alpha value is -5.77. The summed E-state index contributed by atoms with van der Waals surface area (Å²) in [5, 5.41) is 5.44. The van der Waals surface area contributed by atoms with Crippen LogP contribution in [0.2, 0.25) is 0 Å². The molecule has 0 saturated carbocycles. The first-order chi connectivity index (χ1) is 22.2. The third kappa shape index (κ3) is 7.29. The molecular weight excluding hydrogens is 586 g/mol. The van der Waals surface area contributed by atoms with Crippen LogP contribution in [0, 0.1) is 0 Å². The van der Waals surface area contributed by atoms with E-state index in [9.17, 15) is 24.0 Å². The van der Waals surface area contributed by atoms with E-state index in [0.29, 0.717) is 33.7 Å². The Morgan fingerprint density at radius 2 is 1.43 bits per heavy atom. The third-order valence-corrected chi connectivity index (χ3v) is 7.57. The fourth-order valence-corrected chi connectivity index (χ4v) is 5.15. The van der Waals surface area contributed by atoms with E-state index in [2.05, 4.69) is 10.6 Å². The van der Waals surface area contributed by atoms with Crippen LogP contribution in [-0.4, -0.2) is 55.2 Å². The molecule has 234 valence electrons. The minimum Gasteiger partial charge on any atom is -0.481 e. The molecule has 3 atom stereocenters. The molecule has 1 aliphatic rings. The molecule has 5 rings (SSSR count). The van der Waals surface area contributed by atoms with Gasteiger partial charge in [-0.15, -0.1) is 0 Å². The molecular formula is C36H33N3O7. The molecule has 0 aromatic heterocycles. The van der Waals surface area contributed by atoms with Gasteiger partial charge in [0.05, 0.1) is 19.2 Å². The van der Waals surface area contributed by atoms with Gasteiger partial charge in [-0.2, -0.15) is 0 Å². The maximum atomic E-state index is 14.0. The second-order valence-electron chi connectivity index (χ2n) is 10.8. The summed E-state index contributed by atoms with van der Waals surface area (Å²) < 4.78 is 11.2. The molecule has 3 amide bonds. The Kier molecular flexibility index (Phi) is 9.87. The predicted molar refractivity (Wildman–Crippen MR) is 170 cm³/mol. The number of carbonyl (C=O) groups is 5. The minimum absolute atomic E-state index is 0.0300. The number of methoxy groups -OCH3 is 1. The maximum absolute atomic E-state index is 14.0. The summed E-state index contributed by atoms with van der Waals surface area (Å²) in [6.07, 6.45) is -0.973. The number of nitrogens with zero attached hydrogens (tertiary/aromatic N) is 1. The van der Waals surface area contributed by atoms with Crippen molar-refractivity contribution in [3.63, 3.8) is 0 Å². The fourth-order valence-electron chi connectivity index (χ4n) is 5.15. The Balaban J connectivity index is 1.30. The lowest BCUT2D eigenvalue weighted by molar-refractivity contribution is -0.140. The number of rotatable bonds is 10. The summed E-state index contributed by atoms with van der Waals surface area (Å²) in [7, 11) is 1.22. The van der Waals surface area contributed by atoms with E-state index in [0.717, 1.165) is 0 Å². The SMILES string of the molecule is COC(=O)CN1C(=O)[C@@H](NC(=O)[C@H](C)NC(=O)Cc2ccc(C(=O)c3ccccc3)cc2)[C@@H](c2ccccc2)Oc2ccccc21. The number of carbonyl (C=O) groups excluding carboxylic acids is 5. The van der Waals surface area contributed by atoms with Gasteiger partial charge >= 0.3 is 5.97 Å². The molecule has 2 N–H and O–H groups in total. The van der Waals surface area contributed by atoms with Crippen LogP contribution in [0.5, 0.6) is 5.75 Å². The minimum atomic E-state index is -1.25. The van der Waals surface area contributed by atoms with Crippen LogP contribution in [0.3, 0.4) is 0 Å². The second kappa shape index (κ2) is 14.3. The third-order valence-electron chi connectivity index (χ3n) is 7.57. The first kappa shape index (κ1) is 31.6. The molecule has 46 heavy (non-hydrogen) atoms. The highest BCUT2D eigenvalue weighted by Gasteiger charge is 2.41. The topological polar surface area (TPSA) is 131 Å². The smallest absolute Gasteiger partial charge is 0.325 e. The van der Waals surface area contributed by atoms with Crippen LogP contribution in [0.1, 0.15) is 40.1 Å². The zero-order valence-electron chi connectivity index (χ0n) is 25.3. The fraction of sp³-hybridized carbons (Fsp3) is 0.194. The number of hydrogen-bond donors (Lipinski definition) is 2. The van der Waals surface area contributed by atoms with Crippen molar-refractivity contribution in [1.29, 1.82) is 0 Å². The van der Waals surface area contributed by atoms with Crippen molar-refractivity contribution in [2.24, 2.45) is 0 Å². The number of para-hydroxylation sites is 2. The van der Waals surface area contributed by atoms with Crippen LogP contribution < -0.4 is 20.3 Å². The highest BCUT2D eigenvalue weighted by molar-refractivity contribution is 6.09. The van der Waals surface area contributed by atoms with E-state index in [4.69, 9.17) is 9.47 Å². The van der Waals surface area contributed by atoms with E-state index in [1.165, 1.54) is 18.9 Å². The molecule has 0 radical (unpaired) electrons. The number of ether oxygens (including phenoxy) is 2. The lowest BCUT2D eigenvalue weighted by Crippen LogP contribution is -2.56. The average molecular weight is 620 g/mol. The van der Waals surface area contributed by atoms with Gasteiger partial charge < -0.3 is 20.1 Å². The van der Waals surface area contributed by atoms with Gasteiger partial charge in [0.25, 0.3) is 5.91 Å². The van der Waals surface area contributed by atoms with Crippen LogP contribution in [0.25, 0.3) is 0 Å². The molecule has 10 heteroatoms. The number of amides is 3. The highest BCUT2D eigenvalue weighted by atomic mass is 16.5. The Bertz CT molecular complexity index is 1730. The summed E-state index contributed by atoms with van der Waals surface area (Å²) in [6, 6.07) is 29.1. The van der Waals surface area contributed by atoms with E-state index in [1.807, 2.05) is 12.1 Å². The van der Waals surface area contributed by atoms with Crippen LogP contribution in [0.4, 0.5) is 5.69 Å². The molecule has 0 saturated heterocycles. The summed E-state index contributed by atoms with van der Waals surface area (Å²) >= 11 is 0. The van der Waals surface area contributed by atoms with Gasteiger partial charge in [-0.05, 0) is 30.2 Å². The molecule has 4 aromatic carbocycles. The van der Waals surface area contributed by atoms with Crippen molar-refractivity contribution < 1.29 is 33.4 Å². The van der Waals surface area contributed by atoms with Gasteiger partial charge in [-0.3, -0.25) is 28.9 Å². The molecule has 0 bridgehead atoms. The summed E-state index contributed by atoms with van der Waals surface area (Å²) in [5.74, 6) is -2.05. The van der Waals surface area contributed by atoms with Crippen molar-refractivity contribution in [2.75, 3.05) is 18.6 Å². The summed E-state index contributed by atoms with van der Waals surface area (Å²) in [5.41, 5.74) is 2.70. The Morgan fingerprint density at radius 1 is 0.826 bits per heavy atom. The van der Waals surface area contributed by atoms with E-state index in [-0.39, 0.29) is 12.2 Å². The molecule has 1 heterocycles. The predicted octanol–water partition coefficient (Wildman–Crippen LogP) is 3.79. The molecule has 10 nitrogen and oxygen atoms in total. The van der Waals surface area contributed by atoms with Crippen molar-refractivity contribution >= 4 is 35.2 Å². The van der Waals surface area contributed by atoms with Crippen LogP contribution in [0.15, 0.2) is 109 Å². The second-order valence-corrected chi connectivity index (χ2v) is 10.8. The zero-order valence-corrected chi connectivity index (χ0v) is 25.3. The van der Waals surface area contributed by atoms with Gasteiger partial charge in [0.15, 0.2) is 11.9 Å². The molecule has 0 spiro atoms. The number of fused-ring (bicyclic) bond motifs is 1. The quantitative estimate of drug-likeness (QED) is 0.204. The van der Waals surface area contributed by atoms with Crippen molar-refractivity contribution in [3.05, 3.63) is 131 Å². The van der Waals surface area contributed by atoms with Crippen molar-refractivity contribution in [2.45, 2.75) is 31.5 Å². The number of anilines is 1. The lowest BCUT2D eigenvalue weighted by Gasteiger charge is -2.28. The molecule has 0 fully saturated rings. The molecule has 0 unspecified atom stereocenters. The van der Waals surface area contributed by atoms with Gasteiger partial charge in [0.1, 0.15) is 24.4 Å². The highest BCUT2D eigenvalue weighted by Crippen LogP contribution is 2.37. The standard InChI is InChI=1S/C36H33N3O7/c1-23(37-30(40)21-24-17-19-26(20-18-24)33(42)25-11-5-3-6-12-25)35(43)38-32-34(27-13-7-4-8-14-27)46-29-16-10-9-15-28(29)39(36(32)44)22-31(41)45-2/h3-20,23,32,34H,21-22H2,1-2H3,(H,37,40)(H,38,43)/t23-,32-,34+/m0/s1. The van der Waals surface area contributed by atoms with Crippen LogP contribution in [-0.2, 0) is 30.3 Å². The normalized spacial score (nSPS) is 16.2. The van der Waals surface area contributed by atoms with E-state index >= 15 is 0 Å². The number of esters is 1. The largest absolute Gasteiger partial charge is 0.481 e.